The van der Waals surface area contributed by atoms with Crippen molar-refractivity contribution in [2.24, 2.45) is 0 Å². The van der Waals surface area contributed by atoms with E-state index in [1.54, 1.807) is 14.0 Å². The summed E-state index contributed by atoms with van der Waals surface area (Å²) in [6.07, 6.45) is -4.57. The van der Waals surface area contributed by atoms with Crippen LogP contribution in [0.1, 0.15) is 11.4 Å². The first-order valence-corrected chi connectivity index (χ1v) is 10.1. The second-order valence-corrected chi connectivity index (χ2v) is 7.78. The average Bonchev–Trinajstić information content (AvgIpc) is 3.12. The first kappa shape index (κ1) is 20.4. The van der Waals surface area contributed by atoms with Crippen LogP contribution in [0.2, 0.25) is 5.02 Å². The molecule has 0 atom stereocenters. The van der Waals surface area contributed by atoms with Crippen molar-refractivity contribution in [3.8, 4) is 16.9 Å². The molecule has 0 unspecified atom stereocenters. The zero-order chi connectivity index (χ0) is 21.5. The lowest BCUT2D eigenvalue weighted by molar-refractivity contribution is -0.136. The van der Waals surface area contributed by atoms with E-state index in [1.807, 2.05) is 29.6 Å². The third-order valence-corrected chi connectivity index (χ3v) is 5.59. The number of anilines is 2. The number of hydrogen-bond acceptors (Lipinski definition) is 5. The summed E-state index contributed by atoms with van der Waals surface area (Å²) in [5.41, 5.74) is 0.714. The summed E-state index contributed by atoms with van der Waals surface area (Å²) in [4.78, 5) is 9.52. The lowest BCUT2D eigenvalue weighted by Crippen LogP contribution is -2.09. The molecule has 0 radical (unpaired) electrons. The topological polar surface area (TPSA) is 47.0 Å². The van der Waals surface area contributed by atoms with Gasteiger partial charge in [-0.05, 0) is 42.8 Å². The first-order chi connectivity index (χ1) is 14.3. The molecule has 2 aromatic heterocycles. The zero-order valence-corrected chi connectivity index (χ0v) is 17.4. The highest BCUT2D eigenvalue weighted by atomic mass is 35.5. The summed E-state index contributed by atoms with van der Waals surface area (Å²) in [5, 5.41) is 5.43. The number of ether oxygens (including phenoxy) is 1. The minimum Gasteiger partial charge on any atom is -0.497 e. The van der Waals surface area contributed by atoms with Gasteiger partial charge < -0.3 is 10.1 Å². The minimum absolute atomic E-state index is 0.00588. The highest BCUT2D eigenvalue weighted by Gasteiger charge is 2.34. The highest BCUT2D eigenvalue weighted by molar-refractivity contribution is 7.17. The molecule has 4 nitrogen and oxygen atoms in total. The molecule has 0 aliphatic carbocycles. The van der Waals surface area contributed by atoms with Crippen LogP contribution < -0.4 is 10.1 Å². The van der Waals surface area contributed by atoms with Crippen LogP contribution in [0.3, 0.4) is 0 Å². The molecule has 0 bridgehead atoms. The second kappa shape index (κ2) is 7.77. The number of nitrogens with one attached hydrogen (secondary N) is 1. The SMILES string of the molecule is COc1ccc(-c2csc3nc(C)nc(Nc4ccc(Cl)cc4C(F)(F)F)c23)cc1. The molecule has 0 aliphatic rings. The van der Waals surface area contributed by atoms with E-state index >= 15 is 0 Å². The molecule has 0 aliphatic heterocycles. The molecular weight excluding hydrogens is 435 g/mol. The van der Waals surface area contributed by atoms with Gasteiger partial charge in [-0.25, -0.2) is 9.97 Å². The number of nitrogens with zero attached hydrogens (tertiary/aromatic N) is 2. The monoisotopic (exact) mass is 449 g/mol. The third-order valence-electron chi connectivity index (χ3n) is 4.49. The maximum atomic E-state index is 13.5. The molecule has 0 fully saturated rings. The molecular formula is C21H15ClF3N3OS. The van der Waals surface area contributed by atoms with Gasteiger partial charge in [0.05, 0.1) is 23.7 Å². The summed E-state index contributed by atoms with van der Waals surface area (Å²) in [6, 6.07) is 11.0. The molecule has 0 saturated heterocycles. The Hall–Kier alpha value is -2.84. The zero-order valence-electron chi connectivity index (χ0n) is 15.8. The standard InChI is InChI=1S/C21H15ClF3N3OS/c1-11-26-19(28-17-8-5-13(22)9-16(17)21(23,24)25)18-15(10-30-20(18)27-11)12-3-6-14(29-2)7-4-12/h3-10H,1-2H3,(H,26,27,28). The van der Waals surface area contributed by atoms with Crippen LogP contribution in [0.15, 0.2) is 47.8 Å². The maximum Gasteiger partial charge on any atom is 0.418 e. The predicted octanol–water partition coefficient (Wildman–Crippen LogP) is 7.09. The number of aryl methyl sites for hydroxylation is 1. The number of benzene rings is 2. The molecule has 1 N–H and O–H groups in total. The second-order valence-electron chi connectivity index (χ2n) is 6.49. The van der Waals surface area contributed by atoms with E-state index in [1.165, 1.54) is 23.5 Å². The van der Waals surface area contributed by atoms with Crippen LogP contribution in [0.4, 0.5) is 24.7 Å². The summed E-state index contributed by atoms with van der Waals surface area (Å²) < 4.78 is 45.8. The van der Waals surface area contributed by atoms with Gasteiger partial charge in [0.25, 0.3) is 0 Å². The van der Waals surface area contributed by atoms with Crippen molar-refractivity contribution in [2.45, 2.75) is 13.1 Å². The highest BCUT2D eigenvalue weighted by Crippen LogP contribution is 2.41. The van der Waals surface area contributed by atoms with E-state index in [0.29, 0.717) is 27.6 Å². The van der Waals surface area contributed by atoms with E-state index in [2.05, 4.69) is 15.3 Å². The first-order valence-electron chi connectivity index (χ1n) is 8.80. The Labute approximate surface area is 179 Å². The molecule has 0 amide bonds. The molecule has 0 spiro atoms. The van der Waals surface area contributed by atoms with Gasteiger partial charge >= 0.3 is 6.18 Å². The van der Waals surface area contributed by atoms with Crippen molar-refractivity contribution in [2.75, 3.05) is 12.4 Å². The number of hydrogen-bond donors (Lipinski definition) is 1. The van der Waals surface area contributed by atoms with Gasteiger partial charge in [0.2, 0.25) is 0 Å². The van der Waals surface area contributed by atoms with Crippen molar-refractivity contribution in [1.29, 1.82) is 0 Å². The van der Waals surface area contributed by atoms with Crippen molar-refractivity contribution in [3.05, 3.63) is 64.3 Å². The average molecular weight is 450 g/mol. The Morgan fingerprint density at radius 1 is 1.07 bits per heavy atom. The van der Waals surface area contributed by atoms with Gasteiger partial charge in [0.1, 0.15) is 22.2 Å². The van der Waals surface area contributed by atoms with Crippen LogP contribution >= 0.6 is 22.9 Å². The Bertz CT molecular complexity index is 1220. The summed E-state index contributed by atoms with van der Waals surface area (Å²) in [5.74, 6) is 1.47. The third kappa shape index (κ3) is 3.93. The van der Waals surface area contributed by atoms with E-state index < -0.39 is 11.7 Å². The normalized spacial score (nSPS) is 11.7. The molecule has 2 heterocycles. The molecule has 0 saturated carbocycles. The van der Waals surface area contributed by atoms with Gasteiger partial charge in [0, 0.05) is 16.0 Å². The Morgan fingerprint density at radius 3 is 2.47 bits per heavy atom. The fraction of sp³-hybridized carbons (Fsp3) is 0.143. The van der Waals surface area contributed by atoms with Crippen molar-refractivity contribution in [1.82, 2.24) is 9.97 Å². The summed E-state index contributed by atoms with van der Waals surface area (Å²) >= 11 is 7.20. The molecule has 9 heteroatoms. The number of aromatic nitrogens is 2. The Balaban J connectivity index is 1.87. The number of methoxy groups -OCH3 is 1. The van der Waals surface area contributed by atoms with Crippen molar-refractivity contribution >= 4 is 44.7 Å². The van der Waals surface area contributed by atoms with Crippen LogP contribution in [0, 0.1) is 6.92 Å². The Morgan fingerprint density at radius 2 is 1.80 bits per heavy atom. The summed E-state index contributed by atoms with van der Waals surface area (Å²) in [6.45, 7) is 1.70. The van der Waals surface area contributed by atoms with Crippen LogP contribution in [0.25, 0.3) is 21.3 Å². The molecule has 4 rings (SSSR count). The quantitative estimate of drug-likeness (QED) is 0.361. The fourth-order valence-electron chi connectivity index (χ4n) is 3.11. The Kier molecular flexibility index (Phi) is 5.29. The number of fused-ring (bicyclic) bond motifs is 1. The molecule has 30 heavy (non-hydrogen) atoms. The minimum atomic E-state index is -4.57. The lowest BCUT2D eigenvalue weighted by Gasteiger charge is -2.16. The number of alkyl halides is 3. The van der Waals surface area contributed by atoms with E-state index in [9.17, 15) is 13.2 Å². The summed E-state index contributed by atoms with van der Waals surface area (Å²) in [7, 11) is 1.58. The van der Waals surface area contributed by atoms with Gasteiger partial charge in [0.15, 0.2) is 0 Å². The maximum absolute atomic E-state index is 13.5. The predicted molar refractivity (Wildman–Crippen MR) is 114 cm³/mol. The van der Waals surface area contributed by atoms with Crippen LogP contribution in [0.5, 0.6) is 5.75 Å². The van der Waals surface area contributed by atoms with E-state index in [0.717, 1.165) is 17.2 Å². The van der Waals surface area contributed by atoms with E-state index in [-0.39, 0.29) is 10.7 Å². The van der Waals surface area contributed by atoms with Gasteiger partial charge in [-0.3, -0.25) is 0 Å². The van der Waals surface area contributed by atoms with Gasteiger partial charge in [-0.2, -0.15) is 13.2 Å². The van der Waals surface area contributed by atoms with E-state index in [4.69, 9.17) is 16.3 Å². The number of halogens is 4. The molecule has 154 valence electrons. The fourth-order valence-corrected chi connectivity index (χ4v) is 4.27. The molecule has 2 aromatic carbocycles. The smallest absolute Gasteiger partial charge is 0.418 e. The largest absolute Gasteiger partial charge is 0.497 e. The van der Waals surface area contributed by atoms with Gasteiger partial charge in [-0.1, -0.05) is 23.7 Å². The number of rotatable bonds is 4. The van der Waals surface area contributed by atoms with Crippen molar-refractivity contribution < 1.29 is 17.9 Å². The van der Waals surface area contributed by atoms with Crippen LogP contribution in [-0.2, 0) is 6.18 Å². The number of thiophene rings is 1. The van der Waals surface area contributed by atoms with Gasteiger partial charge in [-0.15, -0.1) is 11.3 Å². The lowest BCUT2D eigenvalue weighted by atomic mass is 10.1. The van der Waals surface area contributed by atoms with Crippen LogP contribution in [-0.4, -0.2) is 17.1 Å². The molecule has 4 aromatic rings. The van der Waals surface area contributed by atoms with Crippen molar-refractivity contribution in [3.63, 3.8) is 0 Å².